The molecule has 0 radical (unpaired) electrons. The van der Waals surface area contributed by atoms with Crippen molar-refractivity contribution < 1.29 is 13.6 Å². The molecule has 0 aliphatic carbocycles. The number of nitrogens with zero attached hydrogens (tertiary/aromatic N) is 3. The van der Waals surface area contributed by atoms with Crippen LogP contribution in [0.1, 0.15) is 23.1 Å². The van der Waals surface area contributed by atoms with E-state index in [2.05, 4.69) is 15.4 Å². The molecule has 0 atom stereocenters. The van der Waals surface area contributed by atoms with Crippen molar-refractivity contribution in [1.82, 2.24) is 14.8 Å². The molecule has 0 saturated carbocycles. The fourth-order valence-corrected chi connectivity index (χ4v) is 2.84. The number of anilines is 1. The average Bonchev–Trinajstić information content (AvgIpc) is 3.16. The van der Waals surface area contributed by atoms with Gasteiger partial charge in [-0.15, -0.1) is 11.3 Å². The molecule has 0 unspecified atom stereocenters. The number of rotatable bonds is 4. The minimum absolute atomic E-state index is 0.0584. The maximum atomic E-state index is 13.7. The standard InChI is InChI=1S/C15H12F2N4OS/c1-2-11-15(23-8-18-11)19-14(22)12-6-7-21(20-12)13-9(16)4-3-5-10(13)17/h3-8H,2H2,1H3,(H,19,22). The smallest absolute Gasteiger partial charge is 0.276 e. The van der Waals surface area contributed by atoms with Gasteiger partial charge in [0.05, 0.1) is 11.2 Å². The molecule has 1 amide bonds. The van der Waals surface area contributed by atoms with Gasteiger partial charge < -0.3 is 5.32 Å². The second kappa shape index (κ2) is 6.25. The summed E-state index contributed by atoms with van der Waals surface area (Å²) in [6.45, 7) is 1.93. The molecule has 0 aliphatic rings. The van der Waals surface area contributed by atoms with Crippen LogP contribution in [0.2, 0.25) is 0 Å². The number of aryl methyl sites for hydroxylation is 1. The second-order valence-corrected chi connectivity index (χ2v) is 5.51. The lowest BCUT2D eigenvalue weighted by Crippen LogP contribution is -2.13. The lowest BCUT2D eigenvalue weighted by atomic mass is 10.3. The van der Waals surface area contributed by atoms with Crippen LogP contribution in [-0.2, 0) is 6.42 Å². The van der Waals surface area contributed by atoms with Crippen molar-refractivity contribution in [1.29, 1.82) is 0 Å². The highest BCUT2D eigenvalue weighted by molar-refractivity contribution is 7.14. The SMILES string of the molecule is CCc1ncsc1NC(=O)c1ccn(-c2c(F)cccc2F)n1. The summed E-state index contributed by atoms with van der Waals surface area (Å²) < 4.78 is 28.5. The van der Waals surface area contributed by atoms with Gasteiger partial charge in [0.2, 0.25) is 0 Å². The maximum absolute atomic E-state index is 13.7. The van der Waals surface area contributed by atoms with Crippen molar-refractivity contribution in [2.75, 3.05) is 5.32 Å². The number of benzene rings is 1. The number of nitrogens with one attached hydrogen (secondary N) is 1. The van der Waals surface area contributed by atoms with Crippen molar-refractivity contribution in [3.05, 3.63) is 59.0 Å². The third kappa shape index (κ3) is 2.98. The van der Waals surface area contributed by atoms with Crippen molar-refractivity contribution in [3.63, 3.8) is 0 Å². The molecule has 2 heterocycles. The molecule has 8 heteroatoms. The van der Waals surface area contributed by atoms with Gasteiger partial charge in [-0.25, -0.2) is 18.4 Å². The Morgan fingerprint density at radius 2 is 2.04 bits per heavy atom. The lowest BCUT2D eigenvalue weighted by Gasteiger charge is -2.04. The van der Waals surface area contributed by atoms with Gasteiger partial charge in [-0.2, -0.15) is 5.10 Å². The highest BCUT2D eigenvalue weighted by Crippen LogP contribution is 2.22. The summed E-state index contributed by atoms with van der Waals surface area (Å²) in [6, 6.07) is 4.92. The molecular formula is C15H12F2N4OS. The minimum Gasteiger partial charge on any atom is -0.311 e. The molecule has 0 fully saturated rings. The van der Waals surface area contributed by atoms with Gasteiger partial charge in [-0.05, 0) is 24.6 Å². The number of carbonyl (C=O) groups is 1. The molecular weight excluding hydrogens is 322 g/mol. The summed E-state index contributed by atoms with van der Waals surface area (Å²) in [5, 5.41) is 7.30. The Morgan fingerprint density at radius 3 is 2.74 bits per heavy atom. The van der Waals surface area contributed by atoms with Gasteiger partial charge in [-0.3, -0.25) is 4.79 Å². The highest BCUT2D eigenvalue weighted by Gasteiger charge is 2.16. The van der Waals surface area contributed by atoms with Crippen LogP contribution in [0.25, 0.3) is 5.69 Å². The number of hydrogen-bond acceptors (Lipinski definition) is 4. The van der Waals surface area contributed by atoms with Crippen molar-refractivity contribution >= 4 is 22.2 Å². The van der Waals surface area contributed by atoms with E-state index in [9.17, 15) is 13.6 Å². The second-order valence-electron chi connectivity index (χ2n) is 4.65. The first-order valence-electron chi connectivity index (χ1n) is 6.84. The summed E-state index contributed by atoms with van der Waals surface area (Å²) in [5.41, 5.74) is 2.16. The third-order valence-corrected chi connectivity index (χ3v) is 3.98. The lowest BCUT2D eigenvalue weighted by molar-refractivity contribution is 0.102. The zero-order valence-corrected chi connectivity index (χ0v) is 12.9. The Kier molecular flexibility index (Phi) is 4.16. The van der Waals surface area contributed by atoms with Crippen molar-refractivity contribution in [2.45, 2.75) is 13.3 Å². The van der Waals surface area contributed by atoms with Crippen LogP contribution in [0, 0.1) is 11.6 Å². The Balaban J connectivity index is 1.86. The summed E-state index contributed by atoms with van der Waals surface area (Å²) >= 11 is 1.31. The van der Waals surface area contributed by atoms with Crippen LogP contribution in [0.4, 0.5) is 13.8 Å². The predicted molar refractivity (Wildman–Crippen MR) is 82.9 cm³/mol. The summed E-state index contributed by atoms with van der Waals surface area (Å²) in [5.74, 6) is -1.97. The molecule has 2 aromatic heterocycles. The number of carbonyl (C=O) groups excluding carboxylic acids is 1. The van der Waals surface area contributed by atoms with E-state index in [0.29, 0.717) is 11.4 Å². The Bertz CT molecular complexity index is 839. The van der Waals surface area contributed by atoms with Crippen molar-refractivity contribution in [2.24, 2.45) is 0 Å². The molecule has 0 spiro atoms. The van der Waals surface area contributed by atoms with Gasteiger partial charge in [-0.1, -0.05) is 13.0 Å². The van der Waals surface area contributed by atoms with E-state index < -0.39 is 17.5 Å². The van der Waals surface area contributed by atoms with E-state index in [0.717, 1.165) is 22.5 Å². The zero-order chi connectivity index (χ0) is 16.4. The quantitative estimate of drug-likeness (QED) is 0.795. The first kappa shape index (κ1) is 15.3. The summed E-state index contributed by atoms with van der Waals surface area (Å²) in [7, 11) is 0. The summed E-state index contributed by atoms with van der Waals surface area (Å²) in [6.07, 6.45) is 2.03. The van der Waals surface area contributed by atoms with E-state index in [4.69, 9.17) is 0 Å². The van der Waals surface area contributed by atoms with E-state index in [1.54, 1.807) is 5.51 Å². The van der Waals surface area contributed by atoms with Gasteiger partial charge >= 0.3 is 0 Å². The van der Waals surface area contributed by atoms with Gasteiger partial charge in [0, 0.05) is 6.20 Å². The summed E-state index contributed by atoms with van der Waals surface area (Å²) in [4.78, 5) is 16.3. The Hall–Kier alpha value is -2.61. The molecule has 23 heavy (non-hydrogen) atoms. The Labute approximate surface area is 134 Å². The van der Waals surface area contributed by atoms with Crippen LogP contribution in [0.5, 0.6) is 0 Å². The molecule has 0 saturated heterocycles. The Morgan fingerprint density at radius 1 is 1.30 bits per heavy atom. The normalized spacial score (nSPS) is 10.7. The van der Waals surface area contributed by atoms with Gasteiger partial charge in [0.25, 0.3) is 5.91 Å². The number of halogens is 2. The predicted octanol–water partition coefficient (Wildman–Crippen LogP) is 3.42. The monoisotopic (exact) mass is 334 g/mol. The molecule has 3 rings (SSSR count). The largest absolute Gasteiger partial charge is 0.311 e. The van der Waals surface area contributed by atoms with E-state index in [1.165, 1.54) is 29.7 Å². The van der Waals surface area contributed by atoms with Gasteiger partial charge in [0.15, 0.2) is 17.3 Å². The van der Waals surface area contributed by atoms with Gasteiger partial charge in [0.1, 0.15) is 10.7 Å². The zero-order valence-electron chi connectivity index (χ0n) is 12.1. The van der Waals surface area contributed by atoms with Crippen molar-refractivity contribution in [3.8, 4) is 5.69 Å². The van der Waals surface area contributed by atoms with Crippen LogP contribution >= 0.6 is 11.3 Å². The first-order chi connectivity index (χ1) is 11.1. The third-order valence-electron chi connectivity index (χ3n) is 3.19. The average molecular weight is 334 g/mol. The van der Waals surface area contributed by atoms with Crippen LogP contribution in [0.3, 0.4) is 0 Å². The molecule has 5 nitrogen and oxygen atoms in total. The number of thiazole rings is 1. The van der Waals surface area contributed by atoms with E-state index in [-0.39, 0.29) is 11.4 Å². The number of aromatic nitrogens is 3. The minimum atomic E-state index is -0.754. The molecule has 1 aromatic carbocycles. The molecule has 1 N–H and O–H groups in total. The molecule has 118 valence electrons. The number of hydrogen-bond donors (Lipinski definition) is 1. The fraction of sp³-hybridized carbons (Fsp3) is 0.133. The maximum Gasteiger partial charge on any atom is 0.276 e. The van der Waals surface area contributed by atoms with Crippen LogP contribution < -0.4 is 5.32 Å². The fourth-order valence-electron chi connectivity index (χ4n) is 2.07. The molecule has 0 aliphatic heterocycles. The topological polar surface area (TPSA) is 59.8 Å². The first-order valence-corrected chi connectivity index (χ1v) is 7.72. The highest BCUT2D eigenvalue weighted by atomic mass is 32.1. The van der Waals surface area contributed by atoms with Crippen LogP contribution in [-0.4, -0.2) is 20.7 Å². The van der Waals surface area contributed by atoms with E-state index in [1.807, 2.05) is 6.92 Å². The van der Waals surface area contributed by atoms with Crippen LogP contribution in [0.15, 0.2) is 36.0 Å². The molecule has 0 bridgehead atoms. The number of amides is 1. The number of para-hydroxylation sites is 1. The van der Waals surface area contributed by atoms with E-state index >= 15 is 0 Å². The molecule has 3 aromatic rings.